The van der Waals surface area contributed by atoms with Gasteiger partial charge in [-0.25, -0.2) is 4.98 Å². The van der Waals surface area contributed by atoms with Crippen molar-refractivity contribution in [3.8, 4) is 0 Å². The number of amides is 1. The molecule has 0 unspecified atom stereocenters. The number of aryl methyl sites for hydroxylation is 2. The highest BCUT2D eigenvalue weighted by molar-refractivity contribution is 6.02. The van der Waals surface area contributed by atoms with Crippen molar-refractivity contribution in [3.63, 3.8) is 0 Å². The summed E-state index contributed by atoms with van der Waals surface area (Å²) in [6.45, 7) is 3.71. The van der Waals surface area contributed by atoms with Crippen molar-refractivity contribution in [1.82, 2.24) is 15.2 Å². The Kier molecular flexibility index (Phi) is 2.68. The molecular weight excluding hydrogens is 204 g/mol. The van der Waals surface area contributed by atoms with Crippen molar-refractivity contribution in [3.05, 3.63) is 41.3 Å². The van der Waals surface area contributed by atoms with Crippen LogP contribution < -0.4 is 5.32 Å². The van der Waals surface area contributed by atoms with Gasteiger partial charge >= 0.3 is 0 Å². The van der Waals surface area contributed by atoms with Crippen LogP contribution in [0.1, 0.15) is 21.7 Å². The van der Waals surface area contributed by atoms with Gasteiger partial charge in [-0.2, -0.15) is 5.10 Å². The van der Waals surface area contributed by atoms with Gasteiger partial charge < -0.3 is 5.32 Å². The van der Waals surface area contributed by atoms with E-state index in [-0.39, 0.29) is 5.91 Å². The van der Waals surface area contributed by atoms with Crippen LogP contribution in [0.3, 0.4) is 0 Å². The highest BCUT2D eigenvalue weighted by atomic mass is 16.1. The van der Waals surface area contributed by atoms with Crippen LogP contribution in [0.2, 0.25) is 0 Å². The Morgan fingerprint density at radius 3 is 2.81 bits per heavy atom. The molecule has 5 heteroatoms. The van der Waals surface area contributed by atoms with Gasteiger partial charge in [0.05, 0.1) is 6.20 Å². The number of aromatic amines is 1. The predicted molar refractivity (Wildman–Crippen MR) is 60.3 cm³/mol. The maximum Gasteiger partial charge on any atom is 0.275 e. The summed E-state index contributed by atoms with van der Waals surface area (Å²) in [7, 11) is 0. The minimum absolute atomic E-state index is 0.240. The zero-order chi connectivity index (χ0) is 11.5. The largest absolute Gasteiger partial charge is 0.305 e. The van der Waals surface area contributed by atoms with Crippen LogP contribution in [0.5, 0.6) is 0 Å². The molecule has 82 valence electrons. The molecule has 0 aliphatic carbocycles. The van der Waals surface area contributed by atoms with Gasteiger partial charge in [0.25, 0.3) is 5.91 Å². The van der Waals surface area contributed by atoms with E-state index in [2.05, 4.69) is 20.5 Å². The number of pyridine rings is 1. The van der Waals surface area contributed by atoms with Crippen LogP contribution in [0, 0.1) is 13.8 Å². The molecule has 2 rings (SSSR count). The quantitative estimate of drug-likeness (QED) is 0.802. The first-order chi connectivity index (χ1) is 7.66. The first-order valence-corrected chi connectivity index (χ1v) is 4.92. The van der Waals surface area contributed by atoms with Crippen molar-refractivity contribution in [2.45, 2.75) is 13.8 Å². The van der Waals surface area contributed by atoms with Crippen LogP contribution in [0.4, 0.5) is 5.82 Å². The molecule has 1 amide bonds. The molecule has 2 N–H and O–H groups in total. The summed E-state index contributed by atoms with van der Waals surface area (Å²) in [5.74, 6) is 0.365. The molecule has 2 heterocycles. The first kappa shape index (κ1) is 10.4. The first-order valence-electron chi connectivity index (χ1n) is 4.92. The fourth-order valence-corrected chi connectivity index (χ4v) is 1.32. The molecule has 0 atom stereocenters. The average Bonchev–Trinajstić information content (AvgIpc) is 2.64. The van der Waals surface area contributed by atoms with E-state index >= 15 is 0 Å². The van der Waals surface area contributed by atoms with Crippen molar-refractivity contribution in [2.24, 2.45) is 0 Å². The highest BCUT2D eigenvalue weighted by Crippen LogP contribution is 2.10. The number of H-pyrrole nitrogens is 1. The van der Waals surface area contributed by atoms with Crippen LogP contribution in [0.25, 0.3) is 0 Å². The lowest BCUT2D eigenvalue weighted by Crippen LogP contribution is -2.14. The highest BCUT2D eigenvalue weighted by Gasteiger charge is 2.09. The number of hydrogen-bond donors (Lipinski definition) is 2. The number of carbonyl (C=O) groups excluding carboxylic acids is 1. The molecule has 0 aromatic carbocycles. The number of hydrogen-bond acceptors (Lipinski definition) is 3. The normalized spacial score (nSPS) is 10.1. The SMILES string of the molecule is Cc1cccc(C(=O)Nc2[nH]ncc2C)n1. The second kappa shape index (κ2) is 4.14. The van der Waals surface area contributed by atoms with E-state index in [1.165, 1.54) is 0 Å². The van der Waals surface area contributed by atoms with E-state index in [0.29, 0.717) is 11.5 Å². The molecule has 0 saturated heterocycles. The lowest BCUT2D eigenvalue weighted by molar-refractivity contribution is 0.102. The molecule has 0 fully saturated rings. The Morgan fingerprint density at radius 2 is 2.19 bits per heavy atom. The van der Waals surface area contributed by atoms with Crippen LogP contribution >= 0.6 is 0 Å². The Balaban J connectivity index is 2.18. The van der Waals surface area contributed by atoms with Gasteiger partial charge in [-0.05, 0) is 26.0 Å². The summed E-state index contributed by atoms with van der Waals surface area (Å²) in [5, 5.41) is 9.25. The Morgan fingerprint density at radius 1 is 1.38 bits per heavy atom. The van der Waals surface area contributed by atoms with Gasteiger partial charge in [0, 0.05) is 11.3 Å². The van der Waals surface area contributed by atoms with Gasteiger partial charge in [-0.15, -0.1) is 0 Å². The minimum atomic E-state index is -0.240. The lowest BCUT2D eigenvalue weighted by atomic mass is 10.3. The predicted octanol–water partition coefficient (Wildman–Crippen LogP) is 1.67. The summed E-state index contributed by atoms with van der Waals surface area (Å²) >= 11 is 0. The molecule has 0 aliphatic rings. The third-order valence-electron chi connectivity index (χ3n) is 2.19. The average molecular weight is 216 g/mol. The molecular formula is C11H12N4O. The van der Waals surface area contributed by atoms with E-state index in [1.807, 2.05) is 19.9 Å². The number of nitrogens with one attached hydrogen (secondary N) is 2. The van der Waals surface area contributed by atoms with E-state index in [9.17, 15) is 4.79 Å². The van der Waals surface area contributed by atoms with E-state index in [4.69, 9.17) is 0 Å². The van der Waals surface area contributed by atoms with Gasteiger partial charge in [-0.1, -0.05) is 6.07 Å². The van der Waals surface area contributed by atoms with Crippen molar-refractivity contribution in [2.75, 3.05) is 5.32 Å². The number of rotatable bonds is 2. The van der Waals surface area contributed by atoms with Gasteiger partial charge in [0.1, 0.15) is 11.5 Å². The minimum Gasteiger partial charge on any atom is -0.305 e. The Hall–Kier alpha value is -2.17. The molecule has 0 saturated carbocycles. The fraction of sp³-hybridized carbons (Fsp3) is 0.182. The molecule has 2 aromatic rings. The van der Waals surface area contributed by atoms with Crippen LogP contribution in [-0.2, 0) is 0 Å². The summed E-state index contributed by atoms with van der Waals surface area (Å²) in [6, 6.07) is 5.32. The zero-order valence-corrected chi connectivity index (χ0v) is 9.11. The molecule has 0 aliphatic heterocycles. The Labute approximate surface area is 92.9 Å². The molecule has 16 heavy (non-hydrogen) atoms. The number of carbonyl (C=O) groups is 1. The van der Waals surface area contributed by atoms with Crippen LogP contribution in [0.15, 0.2) is 24.4 Å². The topological polar surface area (TPSA) is 70.7 Å². The van der Waals surface area contributed by atoms with E-state index in [1.54, 1.807) is 18.3 Å². The zero-order valence-electron chi connectivity index (χ0n) is 9.11. The van der Waals surface area contributed by atoms with Gasteiger partial charge in [0.2, 0.25) is 0 Å². The fourth-order valence-electron chi connectivity index (χ4n) is 1.32. The molecule has 0 bridgehead atoms. The second-order valence-electron chi connectivity index (χ2n) is 3.55. The maximum atomic E-state index is 11.8. The molecule has 2 aromatic heterocycles. The van der Waals surface area contributed by atoms with Crippen LogP contribution in [-0.4, -0.2) is 21.1 Å². The number of anilines is 1. The van der Waals surface area contributed by atoms with Gasteiger partial charge in [-0.3, -0.25) is 9.89 Å². The molecule has 0 spiro atoms. The summed E-state index contributed by atoms with van der Waals surface area (Å²) in [5.41, 5.74) is 2.10. The smallest absolute Gasteiger partial charge is 0.275 e. The summed E-state index contributed by atoms with van der Waals surface area (Å²) in [4.78, 5) is 15.9. The monoisotopic (exact) mass is 216 g/mol. The van der Waals surface area contributed by atoms with Crippen molar-refractivity contribution < 1.29 is 4.79 Å². The standard InChI is InChI=1S/C11H12N4O/c1-7-6-12-15-10(7)14-11(16)9-5-3-4-8(2)13-9/h3-6H,1-2H3,(H2,12,14,15,16). The third-order valence-corrected chi connectivity index (χ3v) is 2.19. The van der Waals surface area contributed by atoms with Crippen molar-refractivity contribution in [1.29, 1.82) is 0 Å². The second-order valence-corrected chi connectivity index (χ2v) is 3.55. The number of aromatic nitrogens is 3. The third kappa shape index (κ3) is 2.08. The Bertz CT molecular complexity index is 518. The lowest BCUT2D eigenvalue weighted by Gasteiger charge is -2.03. The molecule has 5 nitrogen and oxygen atoms in total. The molecule has 0 radical (unpaired) electrons. The maximum absolute atomic E-state index is 11.8. The van der Waals surface area contributed by atoms with E-state index < -0.39 is 0 Å². The summed E-state index contributed by atoms with van der Waals surface area (Å²) < 4.78 is 0. The van der Waals surface area contributed by atoms with E-state index in [0.717, 1.165) is 11.3 Å². The summed E-state index contributed by atoms with van der Waals surface area (Å²) in [6.07, 6.45) is 1.65. The number of nitrogens with zero attached hydrogens (tertiary/aromatic N) is 2. The van der Waals surface area contributed by atoms with Crippen molar-refractivity contribution >= 4 is 11.7 Å². The van der Waals surface area contributed by atoms with Gasteiger partial charge in [0.15, 0.2) is 0 Å².